The maximum Gasteiger partial charge on any atom is 0.410 e. The Labute approximate surface area is 145 Å². The number of ether oxygens (including phenoxy) is 1. The number of carbonyl (C=O) groups excluding carboxylic acids is 1. The summed E-state index contributed by atoms with van der Waals surface area (Å²) in [6, 6.07) is 6.37. The van der Waals surface area contributed by atoms with Crippen molar-refractivity contribution in [2.75, 3.05) is 12.3 Å². The van der Waals surface area contributed by atoms with Gasteiger partial charge in [0.05, 0.1) is 0 Å². The molecule has 1 aliphatic carbocycles. The third-order valence-electron chi connectivity index (χ3n) is 6.25. The Kier molecular flexibility index (Phi) is 3.67. The number of rotatable bonds is 0. The van der Waals surface area contributed by atoms with Crippen molar-refractivity contribution in [2.24, 2.45) is 5.41 Å². The Morgan fingerprint density at radius 1 is 1.29 bits per heavy atom. The molecule has 2 atom stereocenters. The van der Waals surface area contributed by atoms with Crippen molar-refractivity contribution in [1.82, 2.24) is 4.90 Å². The second-order valence-corrected chi connectivity index (χ2v) is 9.11. The maximum absolute atomic E-state index is 12.8. The molecule has 1 aliphatic heterocycles. The summed E-state index contributed by atoms with van der Waals surface area (Å²) in [5.74, 6) is 0. The predicted molar refractivity (Wildman–Crippen MR) is 97.0 cm³/mol. The number of likely N-dealkylation sites (tertiary alicyclic amines) is 1. The van der Waals surface area contributed by atoms with Crippen LogP contribution in [0, 0.1) is 5.41 Å². The Morgan fingerprint density at radius 3 is 2.58 bits per heavy atom. The van der Waals surface area contributed by atoms with E-state index in [1.54, 1.807) is 0 Å². The summed E-state index contributed by atoms with van der Waals surface area (Å²) in [4.78, 5) is 14.7. The first-order chi connectivity index (χ1) is 11.0. The van der Waals surface area contributed by atoms with Crippen LogP contribution >= 0.6 is 0 Å². The number of hydrogen-bond donors (Lipinski definition) is 1. The first-order valence-electron chi connectivity index (χ1n) is 8.84. The number of fused-ring (bicyclic) bond motifs is 4. The molecule has 0 radical (unpaired) electrons. The van der Waals surface area contributed by atoms with Gasteiger partial charge in [-0.15, -0.1) is 0 Å². The number of carbonyl (C=O) groups is 1. The lowest BCUT2D eigenvalue weighted by atomic mass is 9.51. The molecule has 2 bridgehead atoms. The van der Waals surface area contributed by atoms with Gasteiger partial charge in [-0.2, -0.15) is 0 Å². The van der Waals surface area contributed by atoms with Crippen LogP contribution in [0.5, 0.6) is 0 Å². The first kappa shape index (κ1) is 17.1. The molecule has 0 saturated carbocycles. The van der Waals surface area contributed by atoms with E-state index in [4.69, 9.17) is 10.5 Å². The minimum Gasteiger partial charge on any atom is -0.444 e. The molecular weight excluding hydrogens is 300 g/mol. The van der Waals surface area contributed by atoms with Gasteiger partial charge in [-0.05, 0) is 62.3 Å². The standard InChI is InChI=1S/C20H30N2O2/c1-18(2,3)24-17(23)22-10-9-20(6)15-12-14(21)8-7-13(15)11-16(22)19(20,4)5/h7-8,12,16H,9-11,21H2,1-6H3. The van der Waals surface area contributed by atoms with E-state index in [9.17, 15) is 4.79 Å². The smallest absolute Gasteiger partial charge is 0.410 e. The van der Waals surface area contributed by atoms with E-state index in [1.165, 1.54) is 11.1 Å². The van der Waals surface area contributed by atoms with Crippen LogP contribution in [0.2, 0.25) is 0 Å². The van der Waals surface area contributed by atoms with Gasteiger partial charge in [0.25, 0.3) is 0 Å². The van der Waals surface area contributed by atoms with Crippen LogP contribution in [-0.4, -0.2) is 29.2 Å². The van der Waals surface area contributed by atoms with E-state index in [2.05, 4.69) is 32.9 Å². The highest BCUT2D eigenvalue weighted by Crippen LogP contribution is 2.56. The summed E-state index contributed by atoms with van der Waals surface area (Å²) in [6.45, 7) is 13.4. The van der Waals surface area contributed by atoms with Gasteiger partial charge in [0.2, 0.25) is 0 Å². The Hall–Kier alpha value is -1.71. The number of nitrogens with zero attached hydrogens (tertiary/aromatic N) is 1. The Morgan fingerprint density at radius 2 is 1.96 bits per heavy atom. The second kappa shape index (κ2) is 5.14. The monoisotopic (exact) mass is 330 g/mol. The zero-order chi connectivity index (χ0) is 17.9. The van der Waals surface area contributed by atoms with Crippen molar-refractivity contribution in [3.05, 3.63) is 29.3 Å². The van der Waals surface area contributed by atoms with Crippen molar-refractivity contribution in [3.8, 4) is 0 Å². The highest BCUT2D eigenvalue weighted by molar-refractivity contribution is 5.70. The zero-order valence-electron chi connectivity index (χ0n) is 15.8. The summed E-state index contributed by atoms with van der Waals surface area (Å²) in [6.07, 6.45) is 1.59. The van der Waals surface area contributed by atoms with Crippen molar-refractivity contribution in [2.45, 2.75) is 71.4 Å². The molecule has 1 aromatic rings. The van der Waals surface area contributed by atoms with Gasteiger partial charge in [-0.25, -0.2) is 4.79 Å². The zero-order valence-corrected chi connectivity index (χ0v) is 15.8. The molecule has 2 N–H and O–H groups in total. The minimum atomic E-state index is -0.469. The fraction of sp³-hybridized carbons (Fsp3) is 0.650. The number of nitrogens with two attached hydrogens (primary N) is 1. The maximum atomic E-state index is 12.8. The molecule has 132 valence electrons. The molecule has 1 fully saturated rings. The second-order valence-electron chi connectivity index (χ2n) is 9.11. The van der Waals surface area contributed by atoms with E-state index in [1.807, 2.05) is 31.7 Å². The van der Waals surface area contributed by atoms with Gasteiger partial charge in [-0.1, -0.05) is 26.8 Å². The quantitative estimate of drug-likeness (QED) is 0.728. The molecule has 2 aliphatic rings. The van der Waals surface area contributed by atoms with E-state index in [0.29, 0.717) is 0 Å². The fourth-order valence-corrected chi connectivity index (χ4v) is 4.46. The molecule has 1 heterocycles. The first-order valence-corrected chi connectivity index (χ1v) is 8.84. The average Bonchev–Trinajstić information content (AvgIpc) is 2.42. The number of amides is 1. The molecule has 24 heavy (non-hydrogen) atoms. The molecular formula is C20H30N2O2. The average molecular weight is 330 g/mol. The van der Waals surface area contributed by atoms with Crippen molar-refractivity contribution >= 4 is 11.8 Å². The molecule has 2 unspecified atom stereocenters. The molecule has 0 aromatic heterocycles. The van der Waals surface area contributed by atoms with Crippen LogP contribution in [0.3, 0.4) is 0 Å². The molecule has 1 saturated heterocycles. The largest absolute Gasteiger partial charge is 0.444 e. The summed E-state index contributed by atoms with van der Waals surface area (Å²) in [5, 5.41) is 0. The summed E-state index contributed by atoms with van der Waals surface area (Å²) in [5.41, 5.74) is 9.05. The van der Waals surface area contributed by atoms with E-state index >= 15 is 0 Å². The molecule has 1 aromatic carbocycles. The van der Waals surface area contributed by atoms with Crippen molar-refractivity contribution in [3.63, 3.8) is 0 Å². The summed E-state index contributed by atoms with van der Waals surface area (Å²) in [7, 11) is 0. The van der Waals surface area contributed by atoms with Crippen molar-refractivity contribution in [1.29, 1.82) is 0 Å². The fourth-order valence-electron chi connectivity index (χ4n) is 4.46. The van der Waals surface area contributed by atoms with E-state index < -0.39 is 5.60 Å². The normalized spacial score (nSPS) is 28.2. The lowest BCUT2D eigenvalue weighted by Crippen LogP contribution is -2.65. The number of piperidine rings is 1. The van der Waals surface area contributed by atoms with Gasteiger partial charge < -0.3 is 15.4 Å². The molecule has 3 rings (SSSR count). The highest BCUT2D eigenvalue weighted by Gasteiger charge is 2.57. The summed E-state index contributed by atoms with van der Waals surface area (Å²) >= 11 is 0. The van der Waals surface area contributed by atoms with Crippen molar-refractivity contribution < 1.29 is 9.53 Å². The molecule has 0 spiro atoms. The topological polar surface area (TPSA) is 55.6 Å². The van der Waals surface area contributed by atoms with Gasteiger partial charge in [0.1, 0.15) is 5.60 Å². The Balaban J connectivity index is 2.01. The number of anilines is 1. The van der Waals surface area contributed by atoms with Gasteiger partial charge in [0, 0.05) is 23.7 Å². The third kappa shape index (κ3) is 2.47. The van der Waals surface area contributed by atoms with Crippen LogP contribution in [0.15, 0.2) is 18.2 Å². The highest BCUT2D eigenvalue weighted by atomic mass is 16.6. The predicted octanol–water partition coefficient (Wildman–Crippen LogP) is 4.12. The van der Waals surface area contributed by atoms with Crippen LogP contribution in [0.25, 0.3) is 0 Å². The number of benzene rings is 1. The third-order valence-corrected chi connectivity index (χ3v) is 6.25. The van der Waals surface area contributed by atoms with E-state index in [-0.39, 0.29) is 23.0 Å². The van der Waals surface area contributed by atoms with Crippen LogP contribution in [0.4, 0.5) is 10.5 Å². The Bertz CT molecular complexity index is 675. The summed E-state index contributed by atoms with van der Waals surface area (Å²) < 4.78 is 5.67. The number of nitrogen functional groups attached to an aromatic ring is 1. The SMILES string of the molecule is CC(C)(C)OC(=O)N1CCC2(C)c3cc(N)ccc3CC1C2(C)C. The molecule has 4 nitrogen and oxygen atoms in total. The molecule has 4 heteroatoms. The van der Waals surface area contributed by atoms with Crippen LogP contribution in [0.1, 0.15) is 59.1 Å². The minimum absolute atomic E-state index is 0.0130. The van der Waals surface area contributed by atoms with Gasteiger partial charge in [-0.3, -0.25) is 0 Å². The van der Waals surface area contributed by atoms with Gasteiger partial charge >= 0.3 is 6.09 Å². The van der Waals surface area contributed by atoms with Crippen LogP contribution in [-0.2, 0) is 16.6 Å². The van der Waals surface area contributed by atoms with Gasteiger partial charge in [0.15, 0.2) is 0 Å². The molecule has 1 amide bonds. The van der Waals surface area contributed by atoms with Crippen LogP contribution < -0.4 is 5.73 Å². The lowest BCUT2D eigenvalue weighted by Gasteiger charge is -2.60. The number of hydrogen-bond acceptors (Lipinski definition) is 3. The lowest BCUT2D eigenvalue weighted by molar-refractivity contribution is -0.0521. The van der Waals surface area contributed by atoms with E-state index in [0.717, 1.165) is 25.1 Å².